The molecule has 4 heteroatoms. The molecule has 0 aromatic carbocycles. The summed E-state index contributed by atoms with van der Waals surface area (Å²) in [5, 5.41) is 3.25. The van der Waals surface area contributed by atoms with E-state index in [0.717, 1.165) is 37.9 Å². The second kappa shape index (κ2) is 18.4. The van der Waals surface area contributed by atoms with Gasteiger partial charge in [0.1, 0.15) is 0 Å². The molecule has 25 heavy (non-hydrogen) atoms. The van der Waals surface area contributed by atoms with Gasteiger partial charge in [0, 0.05) is 24.0 Å². The van der Waals surface area contributed by atoms with E-state index in [4.69, 9.17) is 0 Å². The van der Waals surface area contributed by atoms with E-state index in [9.17, 15) is 4.79 Å². The van der Waals surface area contributed by atoms with Gasteiger partial charge in [-0.25, -0.2) is 0 Å². The Morgan fingerprint density at radius 1 is 0.960 bits per heavy atom. The van der Waals surface area contributed by atoms with Crippen molar-refractivity contribution in [2.75, 3.05) is 11.5 Å². The van der Waals surface area contributed by atoms with Gasteiger partial charge in [-0.1, -0.05) is 73.6 Å². The van der Waals surface area contributed by atoms with E-state index in [2.05, 4.69) is 57.3 Å². The minimum atomic E-state index is 0.214. The van der Waals surface area contributed by atoms with Crippen LogP contribution in [0.15, 0.2) is 24.3 Å². The SMILES string of the molecule is CC/C=C/CCCSSCC(CC(C)C)NC(=O)CCC/C=C/CC. The summed E-state index contributed by atoms with van der Waals surface area (Å²) >= 11 is 0. The lowest BCUT2D eigenvalue weighted by Crippen LogP contribution is -2.37. The second-order valence-electron chi connectivity index (χ2n) is 6.79. The molecule has 0 radical (unpaired) electrons. The first-order chi connectivity index (χ1) is 12.1. The first-order valence-corrected chi connectivity index (χ1v) is 12.4. The highest BCUT2D eigenvalue weighted by molar-refractivity contribution is 8.76. The normalized spacial score (nSPS) is 13.2. The van der Waals surface area contributed by atoms with Crippen molar-refractivity contribution in [3.63, 3.8) is 0 Å². The van der Waals surface area contributed by atoms with Gasteiger partial charge < -0.3 is 5.32 Å². The Kier molecular flexibility index (Phi) is 18.2. The number of nitrogens with one attached hydrogen (secondary N) is 1. The maximum absolute atomic E-state index is 12.1. The molecule has 0 aliphatic rings. The monoisotopic (exact) mass is 385 g/mol. The molecule has 0 fully saturated rings. The Labute approximate surface area is 164 Å². The van der Waals surface area contributed by atoms with Crippen molar-refractivity contribution in [2.24, 2.45) is 5.92 Å². The van der Waals surface area contributed by atoms with E-state index >= 15 is 0 Å². The van der Waals surface area contributed by atoms with Crippen LogP contribution in [0.1, 0.15) is 79.1 Å². The molecular formula is C21H39NOS2. The van der Waals surface area contributed by atoms with Gasteiger partial charge in [-0.15, -0.1) is 0 Å². The third-order valence-electron chi connectivity index (χ3n) is 3.65. The average molecular weight is 386 g/mol. The molecule has 0 spiro atoms. The van der Waals surface area contributed by atoms with Crippen LogP contribution in [-0.2, 0) is 4.79 Å². The zero-order valence-corrected chi connectivity index (χ0v) is 18.4. The van der Waals surface area contributed by atoms with Gasteiger partial charge in [-0.3, -0.25) is 4.79 Å². The molecule has 1 atom stereocenters. The van der Waals surface area contributed by atoms with Gasteiger partial charge in [0.05, 0.1) is 0 Å². The molecule has 146 valence electrons. The molecule has 0 bridgehead atoms. The van der Waals surface area contributed by atoms with Gasteiger partial charge in [0.2, 0.25) is 5.91 Å². The first-order valence-electron chi connectivity index (χ1n) is 9.93. The number of carbonyl (C=O) groups excluding carboxylic acids is 1. The van der Waals surface area contributed by atoms with Crippen LogP contribution >= 0.6 is 21.6 Å². The first kappa shape index (κ1) is 24.7. The lowest BCUT2D eigenvalue weighted by atomic mass is 10.0. The smallest absolute Gasteiger partial charge is 0.220 e. The molecule has 0 aromatic heterocycles. The maximum Gasteiger partial charge on any atom is 0.220 e. The van der Waals surface area contributed by atoms with Crippen molar-refractivity contribution >= 4 is 27.5 Å². The number of allylic oxidation sites excluding steroid dienone is 4. The van der Waals surface area contributed by atoms with Gasteiger partial charge in [-0.05, 0) is 50.9 Å². The Morgan fingerprint density at radius 3 is 2.20 bits per heavy atom. The Balaban J connectivity index is 3.92. The molecule has 1 N–H and O–H groups in total. The van der Waals surface area contributed by atoms with E-state index in [1.807, 2.05) is 21.6 Å². The highest BCUT2D eigenvalue weighted by Crippen LogP contribution is 2.25. The van der Waals surface area contributed by atoms with Crippen LogP contribution in [0, 0.1) is 5.92 Å². The number of rotatable bonds is 16. The maximum atomic E-state index is 12.1. The predicted octanol–water partition coefficient (Wildman–Crippen LogP) is 6.78. The summed E-state index contributed by atoms with van der Waals surface area (Å²) in [6.07, 6.45) is 17.2. The fourth-order valence-electron chi connectivity index (χ4n) is 2.44. The molecule has 2 nitrogen and oxygen atoms in total. The lowest BCUT2D eigenvalue weighted by Gasteiger charge is -2.20. The Morgan fingerprint density at radius 2 is 1.60 bits per heavy atom. The fraction of sp³-hybridized carbons (Fsp3) is 0.762. The van der Waals surface area contributed by atoms with E-state index < -0.39 is 0 Å². The number of hydrogen-bond acceptors (Lipinski definition) is 3. The van der Waals surface area contributed by atoms with E-state index in [0.29, 0.717) is 18.4 Å². The highest BCUT2D eigenvalue weighted by Gasteiger charge is 2.14. The number of hydrogen-bond donors (Lipinski definition) is 1. The van der Waals surface area contributed by atoms with Crippen LogP contribution in [0.25, 0.3) is 0 Å². The topological polar surface area (TPSA) is 29.1 Å². The van der Waals surface area contributed by atoms with Crippen molar-refractivity contribution < 1.29 is 4.79 Å². The summed E-state index contributed by atoms with van der Waals surface area (Å²) in [4.78, 5) is 12.1. The number of unbranched alkanes of at least 4 members (excludes halogenated alkanes) is 2. The summed E-state index contributed by atoms with van der Waals surface area (Å²) in [5.41, 5.74) is 0. The van der Waals surface area contributed by atoms with E-state index in [1.54, 1.807) is 0 Å². The minimum Gasteiger partial charge on any atom is -0.353 e. The zero-order valence-electron chi connectivity index (χ0n) is 16.8. The minimum absolute atomic E-state index is 0.214. The van der Waals surface area contributed by atoms with Crippen LogP contribution in [0.4, 0.5) is 0 Å². The molecule has 0 saturated heterocycles. The van der Waals surface area contributed by atoms with Crippen molar-refractivity contribution in [2.45, 2.75) is 85.1 Å². The summed E-state index contributed by atoms with van der Waals surface area (Å²) in [7, 11) is 3.85. The van der Waals surface area contributed by atoms with E-state index in [-0.39, 0.29) is 5.91 Å². The molecular weight excluding hydrogens is 346 g/mol. The van der Waals surface area contributed by atoms with Crippen molar-refractivity contribution in [3.8, 4) is 0 Å². The lowest BCUT2D eigenvalue weighted by molar-refractivity contribution is -0.121. The quantitative estimate of drug-likeness (QED) is 0.180. The standard InChI is InChI=1S/C21H39NOS2/c1-5-7-9-11-13-15-21(23)22-20(17-19(3)4)18-25-24-16-14-12-10-8-6-2/h7-10,19-20H,5-6,11-18H2,1-4H3,(H,22,23)/b9-7+,10-8+. The average Bonchev–Trinajstić information content (AvgIpc) is 2.56. The molecule has 1 unspecified atom stereocenters. The Hall–Kier alpha value is -0.350. The van der Waals surface area contributed by atoms with Crippen LogP contribution in [0.2, 0.25) is 0 Å². The molecule has 0 aromatic rings. The third kappa shape index (κ3) is 18.2. The van der Waals surface area contributed by atoms with E-state index in [1.165, 1.54) is 18.6 Å². The van der Waals surface area contributed by atoms with Gasteiger partial charge in [0.15, 0.2) is 0 Å². The third-order valence-corrected chi connectivity index (χ3v) is 6.22. The van der Waals surface area contributed by atoms with Crippen molar-refractivity contribution in [1.82, 2.24) is 5.32 Å². The van der Waals surface area contributed by atoms with Crippen LogP contribution in [-0.4, -0.2) is 23.5 Å². The summed E-state index contributed by atoms with van der Waals surface area (Å²) in [5.74, 6) is 3.02. The van der Waals surface area contributed by atoms with Gasteiger partial charge >= 0.3 is 0 Å². The van der Waals surface area contributed by atoms with Gasteiger partial charge in [0.25, 0.3) is 0 Å². The second-order valence-corrected chi connectivity index (χ2v) is 9.42. The molecule has 0 heterocycles. The molecule has 0 saturated carbocycles. The summed E-state index contributed by atoms with van der Waals surface area (Å²) < 4.78 is 0. The van der Waals surface area contributed by atoms with Crippen LogP contribution < -0.4 is 5.32 Å². The molecule has 0 aliphatic heterocycles. The van der Waals surface area contributed by atoms with Crippen molar-refractivity contribution in [1.29, 1.82) is 0 Å². The highest BCUT2D eigenvalue weighted by atomic mass is 33.1. The van der Waals surface area contributed by atoms with Gasteiger partial charge in [-0.2, -0.15) is 0 Å². The summed E-state index contributed by atoms with van der Waals surface area (Å²) in [6.45, 7) is 8.77. The fourth-order valence-corrected chi connectivity index (χ4v) is 4.81. The van der Waals surface area contributed by atoms with Crippen LogP contribution in [0.5, 0.6) is 0 Å². The molecule has 0 aliphatic carbocycles. The molecule has 1 amide bonds. The van der Waals surface area contributed by atoms with Crippen molar-refractivity contribution in [3.05, 3.63) is 24.3 Å². The molecule has 0 rings (SSSR count). The number of amides is 1. The largest absolute Gasteiger partial charge is 0.353 e. The summed E-state index contributed by atoms with van der Waals surface area (Å²) in [6, 6.07) is 0.302. The zero-order chi connectivity index (χ0) is 18.8. The van der Waals surface area contributed by atoms with Crippen LogP contribution in [0.3, 0.4) is 0 Å². The Bertz CT molecular complexity index is 367. The number of carbonyl (C=O) groups is 1. The predicted molar refractivity (Wildman–Crippen MR) is 118 cm³/mol.